The van der Waals surface area contributed by atoms with Crippen LogP contribution >= 0.6 is 0 Å². The van der Waals surface area contributed by atoms with Gasteiger partial charge in [0.1, 0.15) is 5.75 Å². The average Bonchev–Trinajstić information content (AvgIpc) is 2.16. The number of ether oxygens (including phenoxy) is 1. The molecule has 0 radical (unpaired) electrons. The molecule has 0 aliphatic carbocycles. The molecule has 0 fully saturated rings. The summed E-state index contributed by atoms with van der Waals surface area (Å²) in [6, 6.07) is 5.19. The van der Waals surface area contributed by atoms with Gasteiger partial charge in [-0.05, 0) is 30.2 Å². The van der Waals surface area contributed by atoms with Crippen LogP contribution in [-0.2, 0) is 6.42 Å². The quantitative estimate of drug-likeness (QED) is 0.761. The first-order valence-electron chi connectivity index (χ1n) is 4.15. The highest BCUT2D eigenvalue weighted by Crippen LogP contribution is 2.19. The molecule has 0 unspecified atom stereocenters. The number of rotatable bonds is 3. The second-order valence-corrected chi connectivity index (χ2v) is 2.74. The highest BCUT2D eigenvalue weighted by molar-refractivity contribution is 5.93. The van der Waals surface area contributed by atoms with Crippen molar-refractivity contribution in [2.24, 2.45) is 5.73 Å². The Balaban J connectivity index is 3.13. The van der Waals surface area contributed by atoms with Crippen molar-refractivity contribution in [3.8, 4) is 5.75 Å². The number of hydrogen-bond acceptors (Lipinski definition) is 2. The van der Waals surface area contributed by atoms with Gasteiger partial charge in [0.2, 0.25) is 5.91 Å². The standard InChI is InChI=1S/C10H13NO2/c1-3-7-6-8(10(11)12)4-5-9(7)13-2/h4-6H,3H2,1-2H3,(H2,11,12). The maximum absolute atomic E-state index is 10.9. The monoisotopic (exact) mass is 179 g/mol. The van der Waals surface area contributed by atoms with Crippen LogP contribution in [0.15, 0.2) is 18.2 Å². The maximum Gasteiger partial charge on any atom is 0.248 e. The predicted octanol–water partition coefficient (Wildman–Crippen LogP) is 1.36. The van der Waals surface area contributed by atoms with Crippen LogP contribution in [0.25, 0.3) is 0 Å². The van der Waals surface area contributed by atoms with E-state index in [-0.39, 0.29) is 0 Å². The van der Waals surface area contributed by atoms with Crippen molar-refractivity contribution in [1.82, 2.24) is 0 Å². The number of benzene rings is 1. The molecular weight excluding hydrogens is 166 g/mol. The van der Waals surface area contributed by atoms with Crippen molar-refractivity contribution in [2.75, 3.05) is 7.11 Å². The predicted molar refractivity (Wildman–Crippen MR) is 50.9 cm³/mol. The molecular formula is C10H13NO2. The molecule has 0 heterocycles. The zero-order valence-corrected chi connectivity index (χ0v) is 7.83. The van der Waals surface area contributed by atoms with Crippen LogP contribution in [0.5, 0.6) is 5.75 Å². The first-order valence-corrected chi connectivity index (χ1v) is 4.15. The minimum atomic E-state index is -0.405. The van der Waals surface area contributed by atoms with Crippen LogP contribution in [0.1, 0.15) is 22.8 Å². The average molecular weight is 179 g/mol. The van der Waals surface area contributed by atoms with Gasteiger partial charge in [-0.2, -0.15) is 0 Å². The molecule has 1 rings (SSSR count). The number of amides is 1. The fraction of sp³-hybridized carbons (Fsp3) is 0.300. The van der Waals surface area contributed by atoms with Crippen LogP contribution in [0.4, 0.5) is 0 Å². The summed E-state index contributed by atoms with van der Waals surface area (Å²) >= 11 is 0. The Morgan fingerprint density at radius 1 is 1.54 bits per heavy atom. The third-order valence-electron chi connectivity index (χ3n) is 1.95. The number of aryl methyl sites for hydroxylation is 1. The Morgan fingerprint density at radius 3 is 2.69 bits per heavy atom. The van der Waals surface area contributed by atoms with Gasteiger partial charge in [0.25, 0.3) is 0 Å². The molecule has 2 N–H and O–H groups in total. The minimum Gasteiger partial charge on any atom is -0.496 e. The van der Waals surface area contributed by atoms with E-state index in [4.69, 9.17) is 10.5 Å². The van der Waals surface area contributed by atoms with E-state index in [2.05, 4.69) is 0 Å². The molecule has 70 valence electrons. The van der Waals surface area contributed by atoms with E-state index in [1.807, 2.05) is 6.92 Å². The van der Waals surface area contributed by atoms with E-state index in [9.17, 15) is 4.79 Å². The van der Waals surface area contributed by atoms with Crippen LogP contribution in [0, 0.1) is 0 Å². The highest BCUT2D eigenvalue weighted by Gasteiger charge is 2.05. The molecule has 0 saturated heterocycles. The van der Waals surface area contributed by atoms with Crippen LogP contribution in [0.3, 0.4) is 0 Å². The van der Waals surface area contributed by atoms with E-state index in [1.54, 1.807) is 25.3 Å². The van der Waals surface area contributed by atoms with E-state index in [0.717, 1.165) is 17.7 Å². The number of hydrogen-bond donors (Lipinski definition) is 1. The molecule has 0 aliphatic rings. The van der Waals surface area contributed by atoms with Gasteiger partial charge < -0.3 is 10.5 Å². The molecule has 0 aliphatic heterocycles. The summed E-state index contributed by atoms with van der Waals surface area (Å²) < 4.78 is 5.12. The van der Waals surface area contributed by atoms with Crippen molar-refractivity contribution >= 4 is 5.91 Å². The van der Waals surface area contributed by atoms with Gasteiger partial charge in [-0.25, -0.2) is 0 Å². The molecule has 0 saturated carbocycles. The van der Waals surface area contributed by atoms with E-state index in [0.29, 0.717) is 5.56 Å². The fourth-order valence-electron chi connectivity index (χ4n) is 1.21. The van der Waals surface area contributed by atoms with Crippen molar-refractivity contribution in [3.63, 3.8) is 0 Å². The zero-order chi connectivity index (χ0) is 9.84. The Kier molecular flexibility index (Phi) is 2.90. The minimum absolute atomic E-state index is 0.405. The lowest BCUT2D eigenvalue weighted by Crippen LogP contribution is -2.11. The Morgan fingerprint density at radius 2 is 2.23 bits per heavy atom. The molecule has 0 bridgehead atoms. The number of carbonyl (C=O) groups excluding carboxylic acids is 1. The SMILES string of the molecule is CCc1cc(C(N)=O)ccc1OC. The summed E-state index contributed by atoms with van der Waals surface area (Å²) in [5, 5.41) is 0. The van der Waals surface area contributed by atoms with Gasteiger partial charge in [0.15, 0.2) is 0 Å². The van der Waals surface area contributed by atoms with E-state index < -0.39 is 5.91 Å². The Bertz CT molecular complexity index is 321. The van der Waals surface area contributed by atoms with Gasteiger partial charge in [0, 0.05) is 5.56 Å². The number of primary amides is 1. The Labute approximate surface area is 77.5 Å². The fourth-order valence-corrected chi connectivity index (χ4v) is 1.21. The molecule has 1 amide bonds. The van der Waals surface area contributed by atoms with Crippen molar-refractivity contribution in [3.05, 3.63) is 29.3 Å². The summed E-state index contributed by atoms with van der Waals surface area (Å²) in [5.41, 5.74) is 6.67. The number of nitrogens with two attached hydrogens (primary N) is 1. The molecule has 3 nitrogen and oxygen atoms in total. The molecule has 0 spiro atoms. The van der Waals surface area contributed by atoms with Crippen LogP contribution in [-0.4, -0.2) is 13.0 Å². The van der Waals surface area contributed by atoms with Crippen LogP contribution < -0.4 is 10.5 Å². The molecule has 13 heavy (non-hydrogen) atoms. The molecule has 1 aromatic rings. The smallest absolute Gasteiger partial charge is 0.248 e. The maximum atomic E-state index is 10.9. The Hall–Kier alpha value is -1.51. The second kappa shape index (κ2) is 3.94. The lowest BCUT2D eigenvalue weighted by atomic mass is 10.1. The van der Waals surface area contributed by atoms with Gasteiger partial charge >= 0.3 is 0 Å². The van der Waals surface area contributed by atoms with Gasteiger partial charge in [-0.1, -0.05) is 6.92 Å². The summed E-state index contributed by atoms with van der Waals surface area (Å²) in [4.78, 5) is 10.9. The van der Waals surface area contributed by atoms with Crippen molar-refractivity contribution < 1.29 is 9.53 Å². The first kappa shape index (κ1) is 9.58. The first-order chi connectivity index (χ1) is 6.19. The van der Waals surface area contributed by atoms with Crippen molar-refractivity contribution in [2.45, 2.75) is 13.3 Å². The second-order valence-electron chi connectivity index (χ2n) is 2.74. The zero-order valence-electron chi connectivity index (χ0n) is 7.83. The van der Waals surface area contributed by atoms with Gasteiger partial charge in [0.05, 0.1) is 7.11 Å². The van der Waals surface area contributed by atoms with Gasteiger partial charge in [-0.15, -0.1) is 0 Å². The molecule has 1 aromatic carbocycles. The van der Waals surface area contributed by atoms with Crippen LogP contribution in [0.2, 0.25) is 0 Å². The third kappa shape index (κ3) is 1.99. The molecule has 3 heteroatoms. The summed E-state index contributed by atoms with van der Waals surface area (Å²) in [7, 11) is 1.61. The summed E-state index contributed by atoms with van der Waals surface area (Å²) in [6.07, 6.45) is 0.824. The molecule has 0 aromatic heterocycles. The third-order valence-corrected chi connectivity index (χ3v) is 1.95. The largest absolute Gasteiger partial charge is 0.496 e. The van der Waals surface area contributed by atoms with E-state index in [1.165, 1.54) is 0 Å². The van der Waals surface area contributed by atoms with E-state index >= 15 is 0 Å². The lowest BCUT2D eigenvalue weighted by molar-refractivity contribution is 0.1000. The topological polar surface area (TPSA) is 52.3 Å². The lowest BCUT2D eigenvalue weighted by Gasteiger charge is -2.07. The molecule has 0 atom stereocenters. The summed E-state index contributed by atoms with van der Waals surface area (Å²) in [5.74, 6) is 0.393. The number of methoxy groups -OCH3 is 1. The van der Waals surface area contributed by atoms with Gasteiger partial charge in [-0.3, -0.25) is 4.79 Å². The highest BCUT2D eigenvalue weighted by atomic mass is 16.5. The summed E-state index contributed by atoms with van der Waals surface area (Å²) in [6.45, 7) is 2.00. The number of carbonyl (C=O) groups is 1. The van der Waals surface area contributed by atoms with Crippen molar-refractivity contribution in [1.29, 1.82) is 0 Å². The normalized spacial score (nSPS) is 9.69.